The molecule has 1 aliphatic heterocycles. The first kappa shape index (κ1) is 10.7. The minimum Gasteiger partial charge on any atom is -0.396 e. The zero-order valence-corrected chi connectivity index (χ0v) is 8.79. The van der Waals surface area contributed by atoms with Gasteiger partial charge in [0.15, 0.2) is 0 Å². The monoisotopic (exact) mass is 183 g/mol. The summed E-state index contributed by atoms with van der Waals surface area (Å²) < 4.78 is 0. The second-order valence-electron chi connectivity index (χ2n) is 4.34. The van der Waals surface area contributed by atoms with Crippen LogP contribution in [-0.2, 0) is 0 Å². The molecule has 0 spiro atoms. The Kier molecular flexibility index (Phi) is 3.94. The summed E-state index contributed by atoms with van der Waals surface area (Å²) in [5.41, 5.74) is 0.187. The molecule has 1 N–H and O–H groups in total. The van der Waals surface area contributed by atoms with Gasteiger partial charge in [-0.05, 0) is 38.3 Å². The lowest BCUT2D eigenvalue weighted by Crippen LogP contribution is -2.40. The second kappa shape index (κ2) is 4.77. The van der Waals surface area contributed by atoms with E-state index in [4.69, 9.17) is 0 Å². The van der Waals surface area contributed by atoms with Crippen molar-refractivity contribution in [1.29, 1.82) is 0 Å². The van der Waals surface area contributed by atoms with Gasteiger partial charge in [-0.1, -0.05) is 19.1 Å². The third-order valence-electron chi connectivity index (χ3n) is 3.04. The van der Waals surface area contributed by atoms with Crippen molar-refractivity contribution in [2.45, 2.75) is 26.7 Å². The lowest BCUT2D eigenvalue weighted by atomic mass is 9.81. The molecule has 0 atom stereocenters. The molecule has 1 heterocycles. The van der Waals surface area contributed by atoms with Gasteiger partial charge in [0.1, 0.15) is 0 Å². The molecule has 0 radical (unpaired) electrons. The first-order valence-corrected chi connectivity index (χ1v) is 5.14. The Balaban J connectivity index is 2.30. The van der Waals surface area contributed by atoms with E-state index in [2.05, 4.69) is 30.9 Å². The molecule has 0 amide bonds. The number of allylic oxidation sites excluding steroid dienone is 1. The van der Waals surface area contributed by atoms with Crippen LogP contribution in [0.4, 0.5) is 0 Å². The summed E-state index contributed by atoms with van der Waals surface area (Å²) in [6.07, 6.45) is 6.55. The quantitative estimate of drug-likeness (QED) is 0.673. The predicted octanol–water partition coefficient (Wildman–Crippen LogP) is 1.66. The van der Waals surface area contributed by atoms with E-state index in [0.717, 1.165) is 32.5 Å². The lowest BCUT2D eigenvalue weighted by Gasteiger charge is -2.37. The highest BCUT2D eigenvalue weighted by Gasteiger charge is 2.28. The van der Waals surface area contributed by atoms with Gasteiger partial charge in [-0.3, -0.25) is 4.90 Å². The van der Waals surface area contributed by atoms with Crippen molar-refractivity contribution in [3.63, 3.8) is 0 Å². The Hall–Kier alpha value is -0.340. The molecule has 1 saturated heterocycles. The summed E-state index contributed by atoms with van der Waals surface area (Å²) in [6.45, 7) is 7.90. The maximum Gasteiger partial charge on any atom is 0.0485 e. The minimum absolute atomic E-state index is 0.187. The van der Waals surface area contributed by atoms with Crippen molar-refractivity contribution in [3.05, 3.63) is 12.2 Å². The van der Waals surface area contributed by atoms with Crippen LogP contribution in [0.25, 0.3) is 0 Å². The molecule has 2 nitrogen and oxygen atoms in total. The third-order valence-corrected chi connectivity index (χ3v) is 3.04. The van der Waals surface area contributed by atoms with Crippen LogP contribution < -0.4 is 0 Å². The predicted molar refractivity (Wildman–Crippen MR) is 55.7 cm³/mol. The van der Waals surface area contributed by atoms with Crippen LogP contribution in [0.5, 0.6) is 0 Å². The fourth-order valence-electron chi connectivity index (χ4n) is 1.69. The fraction of sp³-hybridized carbons (Fsp3) is 0.818. The molecule has 0 aliphatic carbocycles. The number of aliphatic hydroxyl groups is 1. The largest absolute Gasteiger partial charge is 0.396 e. The van der Waals surface area contributed by atoms with Crippen molar-refractivity contribution < 1.29 is 5.11 Å². The third kappa shape index (κ3) is 3.12. The minimum atomic E-state index is 0.187. The summed E-state index contributed by atoms with van der Waals surface area (Å²) in [7, 11) is 0. The number of nitrogens with zero attached hydrogens (tertiary/aromatic N) is 1. The lowest BCUT2D eigenvalue weighted by molar-refractivity contribution is 0.0634. The Morgan fingerprint density at radius 2 is 2.00 bits per heavy atom. The van der Waals surface area contributed by atoms with E-state index >= 15 is 0 Å². The van der Waals surface area contributed by atoms with Crippen molar-refractivity contribution >= 4 is 0 Å². The van der Waals surface area contributed by atoms with Crippen molar-refractivity contribution in [1.82, 2.24) is 4.90 Å². The molecule has 0 aromatic carbocycles. The Morgan fingerprint density at radius 1 is 1.38 bits per heavy atom. The number of hydrogen-bond donors (Lipinski definition) is 1. The maximum atomic E-state index is 9.18. The molecule has 0 saturated carbocycles. The topological polar surface area (TPSA) is 23.5 Å². The van der Waals surface area contributed by atoms with Gasteiger partial charge in [0, 0.05) is 13.2 Å². The number of hydrogen-bond acceptors (Lipinski definition) is 2. The second-order valence-corrected chi connectivity index (χ2v) is 4.34. The first-order chi connectivity index (χ1) is 6.20. The van der Waals surface area contributed by atoms with Crippen LogP contribution >= 0.6 is 0 Å². The highest BCUT2D eigenvalue weighted by Crippen LogP contribution is 2.29. The molecule has 1 fully saturated rings. The van der Waals surface area contributed by atoms with Crippen molar-refractivity contribution in [2.75, 3.05) is 26.2 Å². The van der Waals surface area contributed by atoms with Gasteiger partial charge in [-0.25, -0.2) is 0 Å². The molecule has 13 heavy (non-hydrogen) atoms. The fourth-order valence-corrected chi connectivity index (χ4v) is 1.69. The molecule has 0 aromatic rings. The summed E-state index contributed by atoms with van der Waals surface area (Å²) in [6, 6.07) is 0. The van der Waals surface area contributed by atoms with Crippen LogP contribution in [0, 0.1) is 5.41 Å². The molecular formula is C11H21NO. The summed E-state index contributed by atoms with van der Waals surface area (Å²) >= 11 is 0. The van der Waals surface area contributed by atoms with Crippen LogP contribution in [0.1, 0.15) is 26.7 Å². The van der Waals surface area contributed by atoms with Crippen LogP contribution in [-0.4, -0.2) is 36.2 Å². The first-order valence-electron chi connectivity index (χ1n) is 5.14. The normalized spacial score (nSPS) is 23.9. The van der Waals surface area contributed by atoms with E-state index in [0.29, 0.717) is 6.61 Å². The molecule has 0 unspecified atom stereocenters. The van der Waals surface area contributed by atoms with Gasteiger partial charge in [-0.15, -0.1) is 0 Å². The Morgan fingerprint density at radius 3 is 2.46 bits per heavy atom. The van der Waals surface area contributed by atoms with E-state index in [9.17, 15) is 5.11 Å². The maximum absolute atomic E-state index is 9.18. The smallest absolute Gasteiger partial charge is 0.0485 e. The van der Waals surface area contributed by atoms with E-state index in [1.807, 2.05) is 0 Å². The van der Waals surface area contributed by atoms with E-state index in [-0.39, 0.29) is 5.41 Å². The van der Waals surface area contributed by atoms with Gasteiger partial charge in [-0.2, -0.15) is 0 Å². The van der Waals surface area contributed by atoms with Gasteiger partial charge in [0.25, 0.3) is 0 Å². The molecule has 2 heteroatoms. The summed E-state index contributed by atoms with van der Waals surface area (Å²) in [4.78, 5) is 2.44. The molecule has 76 valence electrons. The van der Waals surface area contributed by atoms with Gasteiger partial charge in [0.05, 0.1) is 0 Å². The number of piperidine rings is 1. The Bertz CT molecular complexity index is 169. The van der Waals surface area contributed by atoms with Gasteiger partial charge >= 0.3 is 0 Å². The van der Waals surface area contributed by atoms with Crippen LogP contribution in [0.3, 0.4) is 0 Å². The Labute approximate surface area is 81.2 Å². The number of aliphatic hydroxyl groups excluding tert-OH is 1. The molecule has 1 aliphatic rings. The average Bonchev–Trinajstić information content (AvgIpc) is 2.17. The van der Waals surface area contributed by atoms with E-state index in [1.165, 1.54) is 0 Å². The standard InChI is InChI=1S/C11H21NO/c1-3-4-7-12-8-5-11(2,10-13)6-9-12/h3-4,13H,5-10H2,1-2H3/b4-3+. The highest BCUT2D eigenvalue weighted by atomic mass is 16.3. The van der Waals surface area contributed by atoms with E-state index < -0.39 is 0 Å². The van der Waals surface area contributed by atoms with Gasteiger partial charge in [0.2, 0.25) is 0 Å². The molecule has 0 aromatic heterocycles. The molecule has 1 rings (SSSR count). The van der Waals surface area contributed by atoms with Gasteiger partial charge < -0.3 is 5.11 Å². The molecular weight excluding hydrogens is 162 g/mol. The van der Waals surface area contributed by atoms with Crippen molar-refractivity contribution in [2.24, 2.45) is 5.41 Å². The van der Waals surface area contributed by atoms with Crippen LogP contribution in [0.15, 0.2) is 12.2 Å². The van der Waals surface area contributed by atoms with Crippen LogP contribution in [0.2, 0.25) is 0 Å². The SMILES string of the molecule is C/C=C/CN1CCC(C)(CO)CC1. The highest BCUT2D eigenvalue weighted by molar-refractivity contribution is 4.86. The summed E-state index contributed by atoms with van der Waals surface area (Å²) in [5, 5.41) is 9.18. The number of likely N-dealkylation sites (tertiary alicyclic amines) is 1. The number of rotatable bonds is 3. The summed E-state index contributed by atoms with van der Waals surface area (Å²) in [5.74, 6) is 0. The zero-order chi connectivity index (χ0) is 9.73. The van der Waals surface area contributed by atoms with E-state index in [1.54, 1.807) is 0 Å². The zero-order valence-electron chi connectivity index (χ0n) is 8.79. The molecule has 0 bridgehead atoms. The average molecular weight is 183 g/mol. The van der Waals surface area contributed by atoms with Crippen molar-refractivity contribution in [3.8, 4) is 0 Å².